The maximum Gasteiger partial charge on any atom is 0.407 e. The lowest BCUT2D eigenvalue weighted by atomic mass is 9.89. The maximum atomic E-state index is 13.1. The van der Waals surface area contributed by atoms with E-state index in [0.29, 0.717) is 12.3 Å². The Morgan fingerprint density at radius 3 is 2.17 bits per heavy atom. The molecule has 5 rings (SSSR count). The fourth-order valence-electron chi connectivity index (χ4n) is 5.14. The molecule has 0 spiro atoms. The molecule has 8 nitrogen and oxygen atoms in total. The van der Waals surface area contributed by atoms with Gasteiger partial charge in [0.25, 0.3) is 0 Å². The molecular weight excluding hydrogens is 448 g/mol. The SMILES string of the molecule is O=C(NC(CC1CC1)C(=O)NC1(C(=O)O)CCOCC1)OCC1c2ccccc2-c2ccccc21. The lowest BCUT2D eigenvalue weighted by Crippen LogP contribution is -2.61. The highest BCUT2D eigenvalue weighted by Crippen LogP contribution is 2.44. The Morgan fingerprint density at radius 1 is 1.00 bits per heavy atom. The van der Waals surface area contributed by atoms with Crippen LogP contribution in [0.15, 0.2) is 48.5 Å². The Bertz CT molecular complexity index is 1080. The number of nitrogens with one attached hydrogen (secondary N) is 2. The molecule has 184 valence electrons. The highest BCUT2D eigenvalue weighted by molar-refractivity contribution is 5.91. The van der Waals surface area contributed by atoms with Gasteiger partial charge in [-0.3, -0.25) is 4.79 Å². The average molecular weight is 479 g/mol. The third-order valence-corrected chi connectivity index (χ3v) is 7.34. The number of hydrogen-bond donors (Lipinski definition) is 3. The number of aliphatic carboxylic acids is 1. The molecule has 2 aromatic carbocycles. The van der Waals surface area contributed by atoms with E-state index in [1.54, 1.807) is 0 Å². The van der Waals surface area contributed by atoms with E-state index in [2.05, 4.69) is 22.8 Å². The number of alkyl carbamates (subject to hydrolysis) is 1. The molecule has 1 saturated heterocycles. The van der Waals surface area contributed by atoms with Gasteiger partial charge < -0.3 is 25.2 Å². The van der Waals surface area contributed by atoms with Gasteiger partial charge in [-0.2, -0.15) is 0 Å². The first-order chi connectivity index (χ1) is 17.0. The number of fused-ring (bicyclic) bond motifs is 3. The minimum atomic E-state index is -1.38. The minimum absolute atomic E-state index is 0.0821. The third-order valence-electron chi connectivity index (χ3n) is 7.34. The quantitative estimate of drug-likeness (QED) is 0.536. The van der Waals surface area contributed by atoms with Crippen LogP contribution >= 0.6 is 0 Å². The Balaban J connectivity index is 1.25. The number of carboxylic acids is 1. The highest BCUT2D eigenvalue weighted by Gasteiger charge is 2.43. The van der Waals surface area contributed by atoms with E-state index < -0.39 is 29.6 Å². The summed E-state index contributed by atoms with van der Waals surface area (Å²) in [7, 11) is 0. The van der Waals surface area contributed by atoms with Gasteiger partial charge >= 0.3 is 12.1 Å². The van der Waals surface area contributed by atoms with E-state index in [4.69, 9.17) is 9.47 Å². The molecule has 0 bridgehead atoms. The molecule has 1 aliphatic heterocycles. The van der Waals surface area contributed by atoms with Gasteiger partial charge in [-0.05, 0) is 34.6 Å². The molecule has 2 aliphatic carbocycles. The predicted octanol–water partition coefficient (Wildman–Crippen LogP) is 3.44. The van der Waals surface area contributed by atoms with Crippen LogP contribution in [0.4, 0.5) is 4.79 Å². The van der Waals surface area contributed by atoms with E-state index >= 15 is 0 Å². The first-order valence-electron chi connectivity index (χ1n) is 12.2. The summed E-state index contributed by atoms with van der Waals surface area (Å²) in [4.78, 5) is 37.9. The van der Waals surface area contributed by atoms with Crippen molar-refractivity contribution in [2.45, 2.75) is 49.6 Å². The van der Waals surface area contributed by atoms with Crippen LogP contribution in [0.1, 0.15) is 49.1 Å². The number of carbonyl (C=O) groups is 3. The summed E-state index contributed by atoms with van der Waals surface area (Å²) >= 11 is 0. The first-order valence-corrected chi connectivity index (χ1v) is 12.2. The summed E-state index contributed by atoms with van der Waals surface area (Å²) in [6.45, 7) is 0.674. The second-order valence-corrected chi connectivity index (χ2v) is 9.69. The van der Waals surface area contributed by atoms with Gasteiger partial charge in [0.1, 0.15) is 18.2 Å². The molecule has 0 radical (unpaired) electrons. The lowest BCUT2D eigenvalue weighted by Gasteiger charge is -2.35. The second-order valence-electron chi connectivity index (χ2n) is 9.69. The highest BCUT2D eigenvalue weighted by atomic mass is 16.5. The number of ether oxygens (including phenoxy) is 2. The van der Waals surface area contributed by atoms with Crippen LogP contribution in [0.25, 0.3) is 11.1 Å². The Labute approximate surface area is 204 Å². The smallest absolute Gasteiger partial charge is 0.407 e. The van der Waals surface area contributed by atoms with Crippen LogP contribution < -0.4 is 10.6 Å². The van der Waals surface area contributed by atoms with E-state index in [-0.39, 0.29) is 38.6 Å². The summed E-state index contributed by atoms with van der Waals surface area (Å²) < 4.78 is 10.9. The van der Waals surface area contributed by atoms with Gasteiger partial charge in [-0.1, -0.05) is 61.4 Å². The van der Waals surface area contributed by atoms with Crippen LogP contribution in [0, 0.1) is 5.92 Å². The zero-order valence-corrected chi connectivity index (χ0v) is 19.5. The van der Waals surface area contributed by atoms with Crippen molar-refractivity contribution < 1.29 is 29.0 Å². The van der Waals surface area contributed by atoms with Crippen molar-refractivity contribution in [3.05, 3.63) is 59.7 Å². The number of hydrogen-bond acceptors (Lipinski definition) is 5. The van der Waals surface area contributed by atoms with Crippen LogP contribution in [0.5, 0.6) is 0 Å². The summed E-state index contributed by atoms with van der Waals surface area (Å²) in [5.41, 5.74) is 3.12. The van der Waals surface area contributed by atoms with Crippen LogP contribution in [-0.4, -0.2) is 54.5 Å². The molecule has 1 unspecified atom stereocenters. The number of rotatable bonds is 8. The molecular formula is C27H30N2O6. The Hall–Kier alpha value is -3.39. The van der Waals surface area contributed by atoms with Crippen LogP contribution in [0.2, 0.25) is 0 Å². The standard InChI is InChI=1S/C27H30N2O6/c30-24(29-27(25(31)32)11-13-34-14-12-27)23(15-17-9-10-17)28-26(33)35-16-22-20-7-3-1-5-18(20)19-6-2-4-8-21(19)22/h1-8,17,22-23H,9-16H2,(H,28,33)(H,29,30)(H,31,32). The van der Waals surface area contributed by atoms with Gasteiger partial charge in [0.15, 0.2) is 0 Å². The molecule has 0 aromatic heterocycles. The van der Waals surface area contributed by atoms with Gasteiger partial charge in [-0.15, -0.1) is 0 Å². The molecule has 2 aromatic rings. The third kappa shape index (κ3) is 4.89. The molecule has 1 heterocycles. The van der Waals surface area contributed by atoms with Crippen molar-refractivity contribution in [3.8, 4) is 11.1 Å². The Morgan fingerprint density at radius 2 is 1.60 bits per heavy atom. The zero-order chi connectivity index (χ0) is 24.4. The van der Waals surface area contributed by atoms with Crippen molar-refractivity contribution in [2.75, 3.05) is 19.8 Å². The molecule has 3 N–H and O–H groups in total. The minimum Gasteiger partial charge on any atom is -0.480 e. The zero-order valence-electron chi connectivity index (χ0n) is 19.5. The summed E-state index contributed by atoms with van der Waals surface area (Å²) in [6.07, 6.45) is 2.15. The maximum absolute atomic E-state index is 13.1. The number of carboxylic acid groups (broad SMARTS) is 1. The fraction of sp³-hybridized carbons (Fsp3) is 0.444. The first kappa shape index (κ1) is 23.4. The fourth-order valence-corrected chi connectivity index (χ4v) is 5.14. The topological polar surface area (TPSA) is 114 Å². The van der Waals surface area contributed by atoms with E-state index in [1.165, 1.54) is 0 Å². The molecule has 2 fully saturated rings. The molecule has 1 atom stereocenters. The van der Waals surface area contributed by atoms with Crippen LogP contribution in [0.3, 0.4) is 0 Å². The van der Waals surface area contributed by atoms with Crippen molar-refractivity contribution in [1.29, 1.82) is 0 Å². The van der Waals surface area contributed by atoms with E-state index in [1.807, 2.05) is 36.4 Å². The second kappa shape index (κ2) is 9.70. The number of amides is 2. The van der Waals surface area contributed by atoms with Crippen molar-refractivity contribution >= 4 is 18.0 Å². The van der Waals surface area contributed by atoms with E-state index in [0.717, 1.165) is 35.1 Å². The monoisotopic (exact) mass is 478 g/mol. The number of benzene rings is 2. The normalized spacial score (nSPS) is 19.2. The molecule has 3 aliphatic rings. The van der Waals surface area contributed by atoms with Gasteiger partial charge in [0.2, 0.25) is 5.91 Å². The molecule has 2 amide bonds. The largest absolute Gasteiger partial charge is 0.480 e. The van der Waals surface area contributed by atoms with Crippen molar-refractivity contribution in [1.82, 2.24) is 10.6 Å². The Kier molecular flexibility index (Phi) is 6.47. The number of carbonyl (C=O) groups excluding carboxylic acids is 2. The predicted molar refractivity (Wildman–Crippen MR) is 128 cm³/mol. The van der Waals surface area contributed by atoms with Crippen molar-refractivity contribution in [2.24, 2.45) is 5.92 Å². The van der Waals surface area contributed by atoms with Gasteiger partial charge in [0, 0.05) is 32.0 Å². The van der Waals surface area contributed by atoms with Gasteiger partial charge in [-0.25, -0.2) is 9.59 Å². The summed E-state index contributed by atoms with van der Waals surface area (Å²) in [5.74, 6) is -1.31. The summed E-state index contributed by atoms with van der Waals surface area (Å²) in [5, 5.41) is 15.2. The van der Waals surface area contributed by atoms with Crippen molar-refractivity contribution in [3.63, 3.8) is 0 Å². The molecule has 1 saturated carbocycles. The van der Waals surface area contributed by atoms with Gasteiger partial charge in [0.05, 0.1) is 0 Å². The van der Waals surface area contributed by atoms with E-state index in [9.17, 15) is 19.5 Å². The van der Waals surface area contributed by atoms with Crippen LogP contribution in [-0.2, 0) is 19.1 Å². The summed E-state index contributed by atoms with van der Waals surface area (Å²) in [6, 6.07) is 15.3. The average Bonchev–Trinajstić information content (AvgIpc) is 3.63. The molecule has 35 heavy (non-hydrogen) atoms. The molecule has 8 heteroatoms. The lowest BCUT2D eigenvalue weighted by molar-refractivity contribution is -0.152.